The van der Waals surface area contributed by atoms with Crippen molar-refractivity contribution in [1.82, 2.24) is 4.72 Å². The smallest absolute Gasteiger partial charge is 0.211 e. The molecule has 1 N–H and O–H groups in total. The molecule has 32 heavy (non-hydrogen) atoms. The number of sulfone groups is 1. The lowest BCUT2D eigenvalue weighted by atomic mass is 9.67. The van der Waals surface area contributed by atoms with Crippen LogP contribution in [0.4, 0.5) is 8.78 Å². The molecule has 0 amide bonds. The molecule has 1 saturated carbocycles. The molecule has 4 unspecified atom stereocenters. The van der Waals surface area contributed by atoms with E-state index < -0.39 is 48.6 Å². The van der Waals surface area contributed by atoms with Crippen LogP contribution in [0.2, 0.25) is 5.02 Å². The number of benzene rings is 2. The predicted octanol–water partition coefficient (Wildman–Crippen LogP) is 3.80. The predicted molar refractivity (Wildman–Crippen MR) is 116 cm³/mol. The minimum absolute atomic E-state index is 0.0314. The summed E-state index contributed by atoms with van der Waals surface area (Å²) in [5.74, 6) is -2.82. The van der Waals surface area contributed by atoms with Gasteiger partial charge in [0.05, 0.1) is 17.8 Å². The first-order valence-electron chi connectivity index (χ1n) is 10.0. The van der Waals surface area contributed by atoms with Crippen LogP contribution in [0, 0.1) is 17.7 Å². The van der Waals surface area contributed by atoms with E-state index in [4.69, 9.17) is 16.3 Å². The number of halogens is 3. The molecule has 1 aliphatic carbocycles. The van der Waals surface area contributed by atoms with Crippen LogP contribution in [0.1, 0.15) is 24.8 Å². The fourth-order valence-corrected chi connectivity index (χ4v) is 8.16. The summed E-state index contributed by atoms with van der Waals surface area (Å²) < 4.78 is 87.2. The summed E-state index contributed by atoms with van der Waals surface area (Å²) in [4.78, 5) is -0.0314. The van der Waals surface area contributed by atoms with Gasteiger partial charge in [-0.2, -0.15) is 4.72 Å². The molecule has 11 heteroatoms. The summed E-state index contributed by atoms with van der Waals surface area (Å²) in [6.45, 7) is -0.267. The Morgan fingerprint density at radius 1 is 1.16 bits per heavy atom. The normalized spacial score (nSPS) is 26.5. The van der Waals surface area contributed by atoms with Crippen LogP contribution in [-0.4, -0.2) is 36.0 Å². The number of para-hydroxylation sites is 1. The summed E-state index contributed by atoms with van der Waals surface area (Å²) in [6, 6.07) is 9.66. The van der Waals surface area contributed by atoms with Crippen LogP contribution in [-0.2, 0) is 24.6 Å². The highest BCUT2D eigenvalue weighted by atomic mass is 35.5. The topological polar surface area (TPSA) is 89.5 Å². The average molecular weight is 506 g/mol. The first-order valence-corrected chi connectivity index (χ1v) is 13.8. The fourth-order valence-electron chi connectivity index (χ4n) is 5.03. The molecule has 1 heterocycles. The monoisotopic (exact) mass is 505 g/mol. The first kappa shape index (κ1) is 23.4. The molecule has 2 aromatic carbocycles. The average Bonchev–Trinajstić information content (AvgIpc) is 2.72. The Morgan fingerprint density at radius 3 is 2.50 bits per heavy atom. The summed E-state index contributed by atoms with van der Waals surface area (Å²) in [5, 5.41) is 0.346. The van der Waals surface area contributed by atoms with Crippen molar-refractivity contribution in [3.63, 3.8) is 0 Å². The molecule has 0 radical (unpaired) electrons. The maximum atomic E-state index is 15.2. The zero-order valence-electron chi connectivity index (χ0n) is 17.1. The summed E-state index contributed by atoms with van der Waals surface area (Å²) in [6.07, 6.45) is -0.517. The zero-order chi connectivity index (χ0) is 23.3. The van der Waals surface area contributed by atoms with Crippen molar-refractivity contribution in [3.8, 4) is 5.75 Å². The van der Waals surface area contributed by atoms with Gasteiger partial charge < -0.3 is 4.74 Å². The second-order valence-corrected chi connectivity index (χ2v) is 12.7. The Morgan fingerprint density at radius 2 is 1.84 bits per heavy atom. The van der Waals surface area contributed by atoms with Crippen molar-refractivity contribution < 1.29 is 30.4 Å². The standard InChI is InChI=1S/C21H22ClF2NO5S2/c1-31(26,27)25-20(24)15-4-3-11-21(32(28,29)14-9-7-13(22)8-10-14)16-5-2-6-18(23)19(16)30-12-17(15)21/h2,5-10,15,17,20,25H,3-4,11-12H2,1H3. The number of alkyl halides is 1. The van der Waals surface area contributed by atoms with E-state index in [9.17, 15) is 21.2 Å². The number of fused-ring (bicyclic) bond motifs is 3. The molecule has 1 aliphatic heterocycles. The van der Waals surface area contributed by atoms with Gasteiger partial charge >= 0.3 is 0 Å². The van der Waals surface area contributed by atoms with Crippen LogP contribution in [0.25, 0.3) is 0 Å². The highest BCUT2D eigenvalue weighted by Gasteiger charge is 2.61. The SMILES string of the molecule is CS(=O)(=O)NC(F)C1CCCC2(S(=O)(=O)c3ccc(Cl)cc3)c3cccc(F)c3OCC12. The highest BCUT2D eigenvalue weighted by molar-refractivity contribution is 7.92. The van der Waals surface area contributed by atoms with Gasteiger partial charge in [-0.05, 0) is 43.2 Å². The van der Waals surface area contributed by atoms with Gasteiger partial charge in [-0.15, -0.1) is 0 Å². The second kappa shape index (κ2) is 8.23. The van der Waals surface area contributed by atoms with Crippen LogP contribution in [0.3, 0.4) is 0 Å². The molecule has 1 fully saturated rings. The van der Waals surface area contributed by atoms with E-state index in [1.807, 2.05) is 4.72 Å². The summed E-state index contributed by atoms with van der Waals surface area (Å²) >= 11 is 5.93. The Labute approximate surface area is 190 Å². The third-order valence-corrected chi connectivity index (χ3v) is 9.82. The van der Waals surface area contributed by atoms with E-state index >= 15 is 4.39 Å². The molecule has 174 valence electrons. The molecule has 4 atom stereocenters. The molecule has 0 bridgehead atoms. The lowest BCUT2D eigenvalue weighted by Gasteiger charge is -2.50. The number of rotatable bonds is 5. The molecule has 0 spiro atoms. The van der Waals surface area contributed by atoms with Gasteiger partial charge in [0.1, 0.15) is 4.75 Å². The largest absolute Gasteiger partial charge is 0.490 e. The molecule has 0 saturated heterocycles. The van der Waals surface area contributed by atoms with E-state index in [2.05, 4.69) is 0 Å². The molecular formula is C21H22ClF2NO5S2. The van der Waals surface area contributed by atoms with E-state index in [1.165, 1.54) is 42.5 Å². The van der Waals surface area contributed by atoms with Crippen LogP contribution >= 0.6 is 11.6 Å². The molecule has 2 aromatic rings. The van der Waals surface area contributed by atoms with Gasteiger partial charge in [-0.3, -0.25) is 0 Å². The number of hydrogen-bond acceptors (Lipinski definition) is 5. The van der Waals surface area contributed by atoms with Crippen molar-refractivity contribution in [2.45, 2.75) is 35.2 Å². The summed E-state index contributed by atoms with van der Waals surface area (Å²) in [5.41, 5.74) is 0.125. The van der Waals surface area contributed by atoms with Gasteiger partial charge in [0.2, 0.25) is 10.0 Å². The van der Waals surface area contributed by atoms with Gasteiger partial charge in [0.15, 0.2) is 27.7 Å². The Balaban J connectivity index is 1.93. The number of hydrogen-bond donors (Lipinski definition) is 1. The van der Waals surface area contributed by atoms with Crippen molar-refractivity contribution in [3.05, 3.63) is 58.9 Å². The van der Waals surface area contributed by atoms with Crippen LogP contribution in [0.15, 0.2) is 47.4 Å². The molecule has 0 aromatic heterocycles. The number of nitrogens with one attached hydrogen (secondary N) is 1. The van der Waals surface area contributed by atoms with E-state index in [0.717, 1.165) is 6.26 Å². The van der Waals surface area contributed by atoms with E-state index in [0.29, 0.717) is 11.4 Å². The molecule has 6 nitrogen and oxygen atoms in total. The van der Waals surface area contributed by atoms with Gasteiger partial charge in [-0.25, -0.2) is 25.6 Å². The molecule has 2 aliphatic rings. The minimum Gasteiger partial charge on any atom is -0.490 e. The van der Waals surface area contributed by atoms with E-state index in [-0.39, 0.29) is 35.7 Å². The third-order valence-electron chi connectivity index (χ3n) is 6.34. The lowest BCUT2D eigenvalue weighted by Crippen LogP contribution is -2.57. The van der Waals surface area contributed by atoms with Gasteiger partial charge in [-0.1, -0.05) is 30.2 Å². The number of sulfonamides is 1. The van der Waals surface area contributed by atoms with Crippen molar-refractivity contribution in [2.75, 3.05) is 12.9 Å². The Bertz CT molecular complexity index is 1240. The second-order valence-electron chi connectivity index (χ2n) is 8.23. The van der Waals surface area contributed by atoms with Crippen molar-refractivity contribution >= 4 is 31.5 Å². The van der Waals surface area contributed by atoms with Crippen molar-refractivity contribution in [2.24, 2.45) is 11.8 Å². The van der Waals surface area contributed by atoms with Crippen molar-refractivity contribution in [1.29, 1.82) is 0 Å². The van der Waals surface area contributed by atoms with Gasteiger partial charge in [0.25, 0.3) is 0 Å². The zero-order valence-corrected chi connectivity index (χ0v) is 19.5. The van der Waals surface area contributed by atoms with Gasteiger partial charge in [0, 0.05) is 22.4 Å². The minimum atomic E-state index is -4.19. The Hall–Kier alpha value is -1.75. The van der Waals surface area contributed by atoms with Crippen LogP contribution in [0.5, 0.6) is 5.75 Å². The third kappa shape index (κ3) is 3.81. The maximum Gasteiger partial charge on any atom is 0.211 e. The highest BCUT2D eigenvalue weighted by Crippen LogP contribution is 2.58. The maximum absolute atomic E-state index is 15.2. The number of ether oxygens (including phenoxy) is 1. The Kier molecular flexibility index (Phi) is 6.02. The van der Waals surface area contributed by atoms with E-state index in [1.54, 1.807) is 0 Å². The molecular weight excluding hydrogens is 484 g/mol. The fraction of sp³-hybridized carbons (Fsp3) is 0.429. The summed E-state index contributed by atoms with van der Waals surface area (Å²) in [7, 11) is -8.07. The van der Waals surface area contributed by atoms with Crippen LogP contribution < -0.4 is 9.46 Å². The quantitative estimate of drug-likeness (QED) is 0.624. The lowest BCUT2D eigenvalue weighted by molar-refractivity contribution is 0.0292. The molecule has 4 rings (SSSR count). The first-order chi connectivity index (χ1) is 15.0.